The fourth-order valence-corrected chi connectivity index (χ4v) is 2.11. The Bertz CT molecular complexity index is 615. The van der Waals surface area contributed by atoms with E-state index in [-0.39, 0.29) is 18.4 Å². The molecule has 0 spiro atoms. The second kappa shape index (κ2) is 6.43. The summed E-state index contributed by atoms with van der Waals surface area (Å²) in [5.41, 5.74) is 2.83. The summed E-state index contributed by atoms with van der Waals surface area (Å²) < 4.78 is 11.6. The fourth-order valence-electron chi connectivity index (χ4n) is 2.11. The number of hydrogen-bond donors (Lipinski definition) is 0. The summed E-state index contributed by atoms with van der Waals surface area (Å²) in [6, 6.07) is 9.70. The molecule has 112 valence electrons. The van der Waals surface area contributed by atoms with E-state index in [4.69, 9.17) is 9.47 Å². The number of aromatic nitrogens is 2. The molecule has 1 heterocycles. The minimum atomic E-state index is -0.304. The molecule has 0 aliphatic carbocycles. The van der Waals surface area contributed by atoms with Gasteiger partial charge >= 0.3 is 5.97 Å². The lowest BCUT2D eigenvalue weighted by atomic mass is 10.1. The number of rotatable bonds is 5. The van der Waals surface area contributed by atoms with Crippen LogP contribution in [0, 0.1) is 0 Å². The first-order valence-corrected chi connectivity index (χ1v) is 6.84. The third kappa shape index (κ3) is 3.42. The fraction of sp³-hybridized carbons (Fsp3) is 0.375. The van der Waals surface area contributed by atoms with Gasteiger partial charge in [-0.15, -0.1) is 0 Å². The molecule has 2 aromatic rings. The minimum absolute atomic E-state index is 0.125. The maximum absolute atomic E-state index is 11.5. The van der Waals surface area contributed by atoms with Crippen LogP contribution in [0.5, 0.6) is 5.75 Å². The highest BCUT2D eigenvalue weighted by atomic mass is 16.5. The summed E-state index contributed by atoms with van der Waals surface area (Å²) >= 11 is 0. The average Bonchev–Trinajstić information content (AvgIpc) is 2.91. The van der Waals surface area contributed by atoms with Crippen molar-refractivity contribution in [3.63, 3.8) is 0 Å². The van der Waals surface area contributed by atoms with Crippen LogP contribution in [0.4, 0.5) is 0 Å². The summed E-state index contributed by atoms with van der Waals surface area (Å²) in [4.78, 5) is 11.5. The second-order valence-corrected chi connectivity index (χ2v) is 5.07. The summed E-state index contributed by atoms with van der Waals surface area (Å²) in [7, 11) is 3.02. The highest BCUT2D eigenvalue weighted by molar-refractivity contribution is 5.69. The Hall–Kier alpha value is -2.30. The number of hydrogen-bond acceptors (Lipinski definition) is 4. The van der Waals surface area contributed by atoms with Gasteiger partial charge in [-0.2, -0.15) is 5.10 Å². The monoisotopic (exact) mass is 288 g/mol. The third-order valence-electron chi connectivity index (χ3n) is 3.29. The third-order valence-corrected chi connectivity index (χ3v) is 3.29. The van der Waals surface area contributed by atoms with Gasteiger partial charge in [-0.05, 0) is 36.2 Å². The molecule has 2 rings (SSSR count). The lowest BCUT2D eigenvalue weighted by Crippen LogP contribution is -2.15. The van der Waals surface area contributed by atoms with E-state index in [1.165, 1.54) is 7.11 Å². The quantitative estimate of drug-likeness (QED) is 0.794. The lowest BCUT2D eigenvalue weighted by Gasteiger charge is -2.08. The summed E-state index contributed by atoms with van der Waals surface area (Å²) in [6.07, 6.45) is 0. The van der Waals surface area contributed by atoms with E-state index in [1.807, 2.05) is 30.3 Å². The van der Waals surface area contributed by atoms with Gasteiger partial charge in [-0.1, -0.05) is 13.8 Å². The molecule has 0 unspecified atom stereocenters. The molecule has 0 radical (unpaired) electrons. The summed E-state index contributed by atoms with van der Waals surface area (Å²) in [6.45, 7) is 4.27. The lowest BCUT2D eigenvalue weighted by molar-refractivity contribution is -0.141. The van der Waals surface area contributed by atoms with Gasteiger partial charge in [0, 0.05) is 11.3 Å². The largest absolute Gasteiger partial charge is 0.497 e. The number of esters is 1. The molecule has 0 aliphatic heterocycles. The SMILES string of the molecule is COC(=O)Cn1nc(-c2ccc(OC)cc2)cc1C(C)C. The van der Waals surface area contributed by atoms with Crippen LogP contribution in [-0.2, 0) is 16.1 Å². The predicted octanol–water partition coefficient (Wildman–Crippen LogP) is 2.86. The molecule has 1 aromatic carbocycles. The van der Waals surface area contributed by atoms with Crippen molar-refractivity contribution >= 4 is 5.97 Å². The highest BCUT2D eigenvalue weighted by Gasteiger charge is 2.15. The molecular formula is C16H20N2O3. The Labute approximate surface area is 124 Å². The van der Waals surface area contributed by atoms with E-state index in [0.29, 0.717) is 0 Å². The molecule has 0 saturated carbocycles. The Morgan fingerprint density at radius 3 is 2.43 bits per heavy atom. The van der Waals surface area contributed by atoms with Crippen molar-refractivity contribution < 1.29 is 14.3 Å². The van der Waals surface area contributed by atoms with Crippen molar-refractivity contribution in [2.75, 3.05) is 14.2 Å². The van der Waals surface area contributed by atoms with Crippen molar-refractivity contribution in [3.05, 3.63) is 36.0 Å². The minimum Gasteiger partial charge on any atom is -0.497 e. The van der Waals surface area contributed by atoms with Gasteiger partial charge in [-0.25, -0.2) is 0 Å². The van der Waals surface area contributed by atoms with Crippen molar-refractivity contribution in [2.24, 2.45) is 0 Å². The standard InChI is InChI=1S/C16H20N2O3/c1-11(2)15-9-14(17-18(15)10-16(19)21-4)12-5-7-13(20-3)8-6-12/h5-9,11H,10H2,1-4H3. The van der Waals surface area contributed by atoms with Crippen LogP contribution in [0.3, 0.4) is 0 Å². The number of ether oxygens (including phenoxy) is 2. The van der Waals surface area contributed by atoms with Crippen molar-refractivity contribution in [1.82, 2.24) is 9.78 Å². The number of carbonyl (C=O) groups excluding carboxylic acids is 1. The van der Waals surface area contributed by atoms with Crippen molar-refractivity contribution in [3.8, 4) is 17.0 Å². The molecular weight excluding hydrogens is 268 g/mol. The van der Waals surface area contributed by atoms with E-state index in [9.17, 15) is 4.79 Å². The van der Waals surface area contributed by atoms with Crippen molar-refractivity contribution in [2.45, 2.75) is 26.3 Å². The van der Waals surface area contributed by atoms with Crippen molar-refractivity contribution in [1.29, 1.82) is 0 Å². The number of methoxy groups -OCH3 is 2. The Morgan fingerprint density at radius 1 is 1.24 bits per heavy atom. The predicted molar refractivity (Wildman–Crippen MR) is 80.3 cm³/mol. The zero-order chi connectivity index (χ0) is 15.4. The Balaban J connectivity index is 2.35. The van der Waals surface area contributed by atoms with Gasteiger partial charge in [-0.3, -0.25) is 9.48 Å². The first kappa shape index (κ1) is 15.1. The molecule has 0 aliphatic rings. The van der Waals surface area contributed by atoms with Gasteiger partial charge in [0.1, 0.15) is 12.3 Å². The second-order valence-electron chi connectivity index (χ2n) is 5.07. The van der Waals surface area contributed by atoms with Crippen LogP contribution in [0.1, 0.15) is 25.5 Å². The highest BCUT2D eigenvalue weighted by Crippen LogP contribution is 2.25. The molecule has 0 fully saturated rings. The first-order valence-electron chi connectivity index (χ1n) is 6.84. The number of carbonyl (C=O) groups is 1. The Kier molecular flexibility index (Phi) is 4.62. The number of nitrogens with zero attached hydrogens (tertiary/aromatic N) is 2. The van der Waals surface area contributed by atoms with Gasteiger partial charge in [0.05, 0.1) is 19.9 Å². The summed E-state index contributed by atoms with van der Waals surface area (Å²) in [5, 5.41) is 4.52. The molecule has 0 N–H and O–H groups in total. The van der Waals surface area contributed by atoms with Gasteiger partial charge in [0.25, 0.3) is 0 Å². The molecule has 0 atom stereocenters. The Morgan fingerprint density at radius 2 is 1.90 bits per heavy atom. The molecule has 5 heteroatoms. The van der Waals surface area contributed by atoms with Crippen LogP contribution in [0.2, 0.25) is 0 Å². The van der Waals surface area contributed by atoms with E-state index in [1.54, 1.807) is 11.8 Å². The van der Waals surface area contributed by atoms with Crippen LogP contribution in [-0.4, -0.2) is 30.0 Å². The van der Waals surface area contributed by atoms with E-state index >= 15 is 0 Å². The van der Waals surface area contributed by atoms with Crippen LogP contribution in [0.15, 0.2) is 30.3 Å². The molecule has 0 amide bonds. The topological polar surface area (TPSA) is 53.4 Å². The van der Waals surface area contributed by atoms with Crippen LogP contribution >= 0.6 is 0 Å². The van der Waals surface area contributed by atoms with Crippen LogP contribution in [0.25, 0.3) is 11.3 Å². The molecule has 1 aromatic heterocycles. The van der Waals surface area contributed by atoms with E-state index < -0.39 is 0 Å². The van der Waals surface area contributed by atoms with Gasteiger partial charge < -0.3 is 9.47 Å². The zero-order valence-electron chi connectivity index (χ0n) is 12.8. The number of benzene rings is 1. The van der Waals surface area contributed by atoms with Gasteiger partial charge in [0.15, 0.2) is 0 Å². The first-order chi connectivity index (χ1) is 10.0. The molecule has 0 bridgehead atoms. The average molecular weight is 288 g/mol. The molecule has 5 nitrogen and oxygen atoms in total. The summed E-state index contributed by atoms with van der Waals surface area (Å²) in [5.74, 6) is 0.771. The smallest absolute Gasteiger partial charge is 0.327 e. The van der Waals surface area contributed by atoms with Gasteiger partial charge in [0.2, 0.25) is 0 Å². The van der Waals surface area contributed by atoms with Crippen LogP contribution < -0.4 is 4.74 Å². The van der Waals surface area contributed by atoms with E-state index in [0.717, 1.165) is 22.7 Å². The normalized spacial score (nSPS) is 10.7. The molecule has 0 saturated heterocycles. The maximum atomic E-state index is 11.5. The van der Waals surface area contributed by atoms with E-state index in [2.05, 4.69) is 18.9 Å². The molecule has 21 heavy (non-hydrogen) atoms. The zero-order valence-corrected chi connectivity index (χ0v) is 12.8. The maximum Gasteiger partial charge on any atom is 0.327 e.